The molecule has 94 valence electrons. The van der Waals surface area contributed by atoms with E-state index in [1.807, 2.05) is 24.2 Å². The summed E-state index contributed by atoms with van der Waals surface area (Å²) in [5.41, 5.74) is 2.32. The first-order chi connectivity index (χ1) is 8.83. The van der Waals surface area contributed by atoms with Crippen LogP contribution in [0.25, 0.3) is 6.20 Å². The summed E-state index contributed by atoms with van der Waals surface area (Å²) < 4.78 is 1.71. The summed E-state index contributed by atoms with van der Waals surface area (Å²) in [5.74, 6) is 1.08. The second kappa shape index (κ2) is 6.31. The van der Waals surface area contributed by atoms with E-state index in [2.05, 4.69) is 48.2 Å². The Labute approximate surface area is 112 Å². The normalized spacial score (nSPS) is 10.3. The van der Waals surface area contributed by atoms with Crippen LogP contribution in [0, 0.1) is 0 Å². The van der Waals surface area contributed by atoms with Crippen molar-refractivity contribution in [3.05, 3.63) is 48.8 Å². The second-order valence-electron chi connectivity index (χ2n) is 3.79. The molecule has 0 saturated carbocycles. The van der Waals surface area contributed by atoms with Gasteiger partial charge in [0.1, 0.15) is 0 Å². The average Bonchev–Trinajstić information content (AvgIpc) is 2.86. The van der Waals surface area contributed by atoms with Gasteiger partial charge in [-0.25, -0.2) is 4.68 Å². The van der Waals surface area contributed by atoms with Crippen molar-refractivity contribution in [1.82, 2.24) is 9.78 Å². The Bertz CT molecular complexity index is 519. The van der Waals surface area contributed by atoms with E-state index in [4.69, 9.17) is 0 Å². The van der Waals surface area contributed by atoms with Gasteiger partial charge in [0.15, 0.2) is 0 Å². The van der Waals surface area contributed by atoms with Gasteiger partial charge >= 0.3 is 0 Å². The average molecular weight is 259 g/mol. The van der Waals surface area contributed by atoms with E-state index >= 15 is 0 Å². The van der Waals surface area contributed by atoms with Crippen molar-refractivity contribution in [2.24, 2.45) is 0 Å². The summed E-state index contributed by atoms with van der Waals surface area (Å²) in [6, 6.07) is 8.37. The molecule has 2 aromatic rings. The Morgan fingerprint density at radius 3 is 3.00 bits per heavy atom. The third kappa shape index (κ3) is 3.17. The molecule has 0 unspecified atom stereocenters. The Balaban J connectivity index is 2.03. The van der Waals surface area contributed by atoms with Gasteiger partial charge in [-0.1, -0.05) is 25.6 Å². The zero-order valence-electron chi connectivity index (χ0n) is 10.5. The molecular weight excluding hydrogens is 242 g/mol. The van der Waals surface area contributed by atoms with E-state index < -0.39 is 0 Å². The van der Waals surface area contributed by atoms with Crippen molar-refractivity contribution in [3.8, 4) is 0 Å². The Kier molecular flexibility index (Phi) is 4.47. The van der Waals surface area contributed by atoms with Crippen LogP contribution in [0.2, 0.25) is 0 Å². The highest BCUT2D eigenvalue weighted by Gasteiger charge is 2.02. The van der Waals surface area contributed by atoms with E-state index in [1.165, 1.54) is 10.6 Å². The van der Waals surface area contributed by atoms with Gasteiger partial charge in [-0.05, 0) is 17.9 Å². The number of para-hydroxylation sites is 1. The molecule has 1 aromatic heterocycles. The van der Waals surface area contributed by atoms with Gasteiger partial charge in [0.05, 0.1) is 6.20 Å². The van der Waals surface area contributed by atoms with Crippen LogP contribution in [-0.2, 0) is 6.54 Å². The lowest BCUT2D eigenvalue weighted by atomic mass is 10.3. The molecule has 1 aromatic carbocycles. The standard InChI is InChI=1S/C14H17N3S/c1-3-17-11-12(10-16-17)9-15-13-7-5-6-8-14(13)18-4-2/h3,5-8,10-11,15H,1,4,9H2,2H3. The van der Waals surface area contributed by atoms with Crippen LogP contribution in [-0.4, -0.2) is 15.5 Å². The number of hydrogen-bond donors (Lipinski definition) is 1. The minimum Gasteiger partial charge on any atom is -0.380 e. The molecule has 0 aliphatic heterocycles. The van der Waals surface area contributed by atoms with Crippen molar-refractivity contribution >= 4 is 23.6 Å². The van der Waals surface area contributed by atoms with Gasteiger partial charge in [-0.15, -0.1) is 11.8 Å². The summed E-state index contributed by atoms with van der Waals surface area (Å²) in [5, 5.41) is 7.60. The largest absolute Gasteiger partial charge is 0.380 e. The zero-order valence-corrected chi connectivity index (χ0v) is 11.3. The molecule has 4 heteroatoms. The number of hydrogen-bond acceptors (Lipinski definition) is 3. The molecular formula is C14H17N3S. The molecule has 0 fully saturated rings. The van der Waals surface area contributed by atoms with Crippen LogP contribution in [0.15, 0.2) is 48.1 Å². The molecule has 0 saturated heterocycles. The third-order valence-electron chi connectivity index (χ3n) is 2.51. The molecule has 0 bridgehead atoms. The van der Waals surface area contributed by atoms with Gasteiger partial charge in [-0.3, -0.25) is 0 Å². The van der Waals surface area contributed by atoms with Gasteiger partial charge in [0, 0.05) is 35.1 Å². The Morgan fingerprint density at radius 1 is 1.44 bits per heavy atom. The molecule has 3 nitrogen and oxygen atoms in total. The topological polar surface area (TPSA) is 29.9 Å². The van der Waals surface area contributed by atoms with E-state index in [0.717, 1.165) is 17.9 Å². The molecule has 0 amide bonds. The number of thioether (sulfide) groups is 1. The third-order valence-corrected chi connectivity index (χ3v) is 3.47. The van der Waals surface area contributed by atoms with Crippen molar-refractivity contribution in [2.45, 2.75) is 18.4 Å². The predicted octanol–water partition coefficient (Wildman–Crippen LogP) is 3.71. The number of benzene rings is 1. The maximum absolute atomic E-state index is 4.16. The Morgan fingerprint density at radius 2 is 2.28 bits per heavy atom. The number of anilines is 1. The second-order valence-corrected chi connectivity index (χ2v) is 5.10. The number of rotatable bonds is 6. The first-order valence-corrected chi connectivity index (χ1v) is 6.93. The molecule has 18 heavy (non-hydrogen) atoms. The first-order valence-electron chi connectivity index (χ1n) is 5.94. The van der Waals surface area contributed by atoms with E-state index in [1.54, 1.807) is 10.9 Å². The highest BCUT2D eigenvalue weighted by atomic mass is 32.2. The lowest BCUT2D eigenvalue weighted by Crippen LogP contribution is -1.99. The summed E-state index contributed by atoms with van der Waals surface area (Å²) >= 11 is 1.85. The van der Waals surface area contributed by atoms with Crippen LogP contribution < -0.4 is 5.32 Å². The fourth-order valence-corrected chi connectivity index (χ4v) is 2.44. The highest BCUT2D eigenvalue weighted by molar-refractivity contribution is 7.99. The number of nitrogens with zero attached hydrogens (tertiary/aromatic N) is 2. The summed E-state index contributed by atoms with van der Waals surface area (Å²) in [6.45, 7) is 6.61. The summed E-state index contributed by atoms with van der Waals surface area (Å²) in [7, 11) is 0. The minimum absolute atomic E-state index is 0.773. The number of nitrogens with one attached hydrogen (secondary N) is 1. The van der Waals surface area contributed by atoms with E-state index in [9.17, 15) is 0 Å². The molecule has 0 radical (unpaired) electrons. The monoisotopic (exact) mass is 259 g/mol. The lowest BCUT2D eigenvalue weighted by molar-refractivity contribution is 0.936. The SMILES string of the molecule is C=Cn1cc(CNc2ccccc2SCC)cn1. The highest BCUT2D eigenvalue weighted by Crippen LogP contribution is 2.26. The van der Waals surface area contributed by atoms with Crippen LogP contribution in [0.3, 0.4) is 0 Å². The molecule has 1 heterocycles. The molecule has 0 aliphatic carbocycles. The van der Waals surface area contributed by atoms with Crippen molar-refractivity contribution in [3.63, 3.8) is 0 Å². The predicted molar refractivity (Wildman–Crippen MR) is 78.8 cm³/mol. The van der Waals surface area contributed by atoms with Crippen molar-refractivity contribution in [1.29, 1.82) is 0 Å². The van der Waals surface area contributed by atoms with Crippen LogP contribution in [0.5, 0.6) is 0 Å². The van der Waals surface area contributed by atoms with Gasteiger partial charge < -0.3 is 5.32 Å². The summed E-state index contributed by atoms with van der Waals surface area (Å²) in [4.78, 5) is 1.29. The smallest absolute Gasteiger partial charge is 0.0543 e. The minimum atomic E-state index is 0.773. The maximum Gasteiger partial charge on any atom is 0.0543 e. The molecule has 0 atom stereocenters. The van der Waals surface area contributed by atoms with E-state index in [-0.39, 0.29) is 0 Å². The fraction of sp³-hybridized carbons (Fsp3) is 0.214. The van der Waals surface area contributed by atoms with Gasteiger partial charge in [-0.2, -0.15) is 5.10 Å². The first kappa shape index (κ1) is 12.8. The fourth-order valence-electron chi connectivity index (χ4n) is 1.66. The lowest BCUT2D eigenvalue weighted by Gasteiger charge is -2.09. The molecule has 0 aliphatic rings. The summed E-state index contributed by atoms with van der Waals surface area (Å²) in [6.07, 6.45) is 5.50. The Hall–Kier alpha value is -1.68. The number of aromatic nitrogens is 2. The van der Waals surface area contributed by atoms with Gasteiger partial charge in [0.25, 0.3) is 0 Å². The molecule has 1 N–H and O–H groups in total. The van der Waals surface area contributed by atoms with Crippen molar-refractivity contribution in [2.75, 3.05) is 11.1 Å². The zero-order chi connectivity index (χ0) is 12.8. The van der Waals surface area contributed by atoms with Gasteiger partial charge in [0.2, 0.25) is 0 Å². The van der Waals surface area contributed by atoms with Crippen LogP contribution in [0.4, 0.5) is 5.69 Å². The van der Waals surface area contributed by atoms with Crippen LogP contribution >= 0.6 is 11.8 Å². The van der Waals surface area contributed by atoms with Crippen LogP contribution in [0.1, 0.15) is 12.5 Å². The quantitative estimate of drug-likeness (QED) is 0.802. The van der Waals surface area contributed by atoms with Crippen molar-refractivity contribution < 1.29 is 0 Å². The maximum atomic E-state index is 4.16. The molecule has 0 spiro atoms. The molecule has 2 rings (SSSR count). The van der Waals surface area contributed by atoms with E-state index in [0.29, 0.717) is 0 Å².